The first-order chi connectivity index (χ1) is 14.3. The van der Waals surface area contributed by atoms with Gasteiger partial charge in [-0.3, -0.25) is 4.79 Å². The Bertz CT molecular complexity index is 970. The van der Waals surface area contributed by atoms with Crippen molar-refractivity contribution in [3.05, 3.63) is 41.6 Å². The van der Waals surface area contributed by atoms with Crippen LogP contribution in [0.2, 0.25) is 0 Å². The van der Waals surface area contributed by atoms with Gasteiger partial charge in [-0.15, -0.1) is 11.6 Å². The first kappa shape index (κ1) is 22.4. The minimum absolute atomic E-state index is 0.0369. The Morgan fingerprint density at radius 1 is 1.23 bits per heavy atom. The number of allylic oxidation sites excluding steroid dienone is 2. The molecule has 1 heterocycles. The molecule has 0 radical (unpaired) electrons. The number of Topliss-reactive ketones (excluding diaryl/α,β-unsaturated/α-hetero) is 1. The summed E-state index contributed by atoms with van der Waals surface area (Å²) >= 11 is 6.33. The number of ether oxygens (including phenoxy) is 3. The highest BCUT2D eigenvalue weighted by molar-refractivity contribution is 6.20. The van der Waals surface area contributed by atoms with E-state index >= 15 is 0 Å². The summed E-state index contributed by atoms with van der Waals surface area (Å²) in [6.07, 6.45) is 5.69. The number of benzene rings is 1. The Labute approximate surface area is 181 Å². The largest absolute Gasteiger partial charge is 0.467 e. The maximum absolute atomic E-state index is 13.6. The van der Waals surface area contributed by atoms with E-state index in [9.17, 15) is 9.59 Å². The van der Waals surface area contributed by atoms with E-state index in [4.69, 9.17) is 25.8 Å². The quantitative estimate of drug-likeness (QED) is 0.253. The molecular formula is C23H28ClNO5. The molecule has 1 aliphatic rings. The van der Waals surface area contributed by atoms with E-state index in [0.29, 0.717) is 28.6 Å². The highest BCUT2D eigenvalue weighted by atomic mass is 35.5. The number of methoxy groups -OCH3 is 1. The average molecular weight is 434 g/mol. The minimum Gasteiger partial charge on any atom is -0.467 e. The van der Waals surface area contributed by atoms with Crippen LogP contribution in [-0.2, 0) is 15.4 Å². The highest BCUT2D eigenvalue weighted by Gasteiger charge is 2.33. The summed E-state index contributed by atoms with van der Waals surface area (Å²) in [6.45, 7) is 5.41. The molecule has 0 amide bonds. The molecule has 0 bridgehead atoms. The molecule has 0 aliphatic heterocycles. The minimum atomic E-state index is -0.715. The zero-order chi connectivity index (χ0) is 21.9. The van der Waals surface area contributed by atoms with Crippen LogP contribution in [0.1, 0.15) is 56.1 Å². The number of rotatable bonds is 6. The summed E-state index contributed by atoms with van der Waals surface area (Å²) < 4.78 is 17.7. The predicted molar refractivity (Wildman–Crippen MR) is 116 cm³/mol. The van der Waals surface area contributed by atoms with Gasteiger partial charge in [-0.05, 0) is 52.2 Å². The Morgan fingerprint density at radius 3 is 2.60 bits per heavy atom. The number of carbonyl (C=O) groups excluding carboxylic acids is 2. The molecule has 1 aromatic carbocycles. The van der Waals surface area contributed by atoms with E-state index in [1.54, 1.807) is 39.0 Å². The Kier molecular flexibility index (Phi) is 6.88. The molecule has 3 rings (SSSR count). The number of nitrogens with zero attached hydrogens (tertiary/aromatic N) is 1. The van der Waals surface area contributed by atoms with Crippen LogP contribution < -0.4 is 4.74 Å². The maximum atomic E-state index is 13.6. The molecular weight excluding hydrogens is 406 g/mol. The van der Waals surface area contributed by atoms with Crippen LogP contribution in [0.4, 0.5) is 4.79 Å². The van der Waals surface area contributed by atoms with Crippen LogP contribution in [0.5, 0.6) is 5.75 Å². The smallest absolute Gasteiger partial charge is 0.419 e. The molecule has 2 aromatic rings. The summed E-state index contributed by atoms with van der Waals surface area (Å²) in [4.78, 5) is 26.8. The molecule has 1 aromatic heterocycles. The highest BCUT2D eigenvalue weighted by Crippen LogP contribution is 2.37. The van der Waals surface area contributed by atoms with E-state index in [1.807, 2.05) is 6.08 Å². The second-order valence-electron chi connectivity index (χ2n) is 8.32. The van der Waals surface area contributed by atoms with Gasteiger partial charge in [0.15, 0.2) is 12.6 Å². The summed E-state index contributed by atoms with van der Waals surface area (Å²) in [5.74, 6) is 0.258. The van der Waals surface area contributed by atoms with Gasteiger partial charge in [-0.2, -0.15) is 0 Å². The lowest BCUT2D eigenvalue weighted by Gasteiger charge is -2.22. The monoisotopic (exact) mass is 433 g/mol. The molecule has 162 valence electrons. The number of halogens is 1. The molecule has 0 fully saturated rings. The number of aromatic nitrogens is 1. The third kappa shape index (κ3) is 4.55. The van der Waals surface area contributed by atoms with Crippen molar-refractivity contribution in [2.45, 2.75) is 51.5 Å². The number of alkyl halides is 1. The van der Waals surface area contributed by atoms with Gasteiger partial charge in [0, 0.05) is 24.0 Å². The van der Waals surface area contributed by atoms with Crippen LogP contribution in [0, 0.1) is 5.92 Å². The predicted octanol–water partition coefficient (Wildman–Crippen LogP) is 5.69. The van der Waals surface area contributed by atoms with Crippen LogP contribution in [0.25, 0.3) is 10.9 Å². The maximum Gasteiger partial charge on any atom is 0.419 e. The normalized spacial score (nSPS) is 16.6. The summed E-state index contributed by atoms with van der Waals surface area (Å²) in [5, 5.41) is 0.630. The molecule has 7 heteroatoms. The lowest BCUT2D eigenvalue weighted by atomic mass is 9.88. The van der Waals surface area contributed by atoms with E-state index in [2.05, 4.69) is 6.08 Å². The van der Waals surface area contributed by atoms with E-state index in [-0.39, 0.29) is 30.1 Å². The van der Waals surface area contributed by atoms with Crippen molar-refractivity contribution in [1.82, 2.24) is 4.57 Å². The molecule has 30 heavy (non-hydrogen) atoms. The Morgan fingerprint density at radius 2 is 2.00 bits per heavy atom. The molecule has 6 nitrogen and oxygen atoms in total. The topological polar surface area (TPSA) is 66.8 Å². The van der Waals surface area contributed by atoms with Crippen molar-refractivity contribution in [2.75, 3.05) is 13.9 Å². The first-order valence-corrected chi connectivity index (χ1v) is 10.6. The SMILES string of the molecule is COCOc1cccc2c1c(CCl)c(C(=O)C1CC=CCC1)n2C(=O)OC(C)(C)C. The zero-order valence-electron chi connectivity index (χ0n) is 17.9. The molecule has 1 unspecified atom stereocenters. The number of hydrogen-bond donors (Lipinski definition) is 0. The fourth-order valence-electron chi connectivity index (χ4n) is 3.74. The second kappa shape index (κ2) is 9.23. The lowest BCUT2D eigenvalue weighted by Crippen LogP contribution is -2.30. The first-order valence-electron chi connectivity index (χ1n) is 10.0. The average Bonchev–Trinajstić information content (AvgIpc) is 3.06. The van der Waals surface area contributed by atoms with E-state index in [1.165, 1.54) is 11.7 Å². The van der Waals surface area contributed by atoms with Gasteiger partial charge in [0.25, 0.3) is 0 Å². The van der Waals surface area contributed by atoms with Crippen molar-refractivity contribution in [2.24, 2.45) is 5.92 Å². The third-order valence-electron chi connectivity index (χ3n) is 4.97. The van der Waals surface area contributed by atoms with Gasteiger partial charge in [-0.1, -0.05) is 18.2 Å². The van der Waals surface area contributed by atoms with Crippen molar-refractivity contribution < 1.29 is 23.8 Å². The van der Waals surface area contributed by atoms with Gasteiger partial charge in [0.2, 0.25) is 0 Å². The molecule has 1 aliphatic carbocycles. The molecule has 0 spiro atoms. The zero-order valence-corrected chi connectivity index (χ0v) is 18.6. The fraction of sp³-hybridized carbons (Fsp3) is 0.478. The van der Waals surface area contributed by atoms with Crippen molar-refractivity contribution >= 4 is 34.4 Å². The van der Waals surface area contributed by atoms with Gasteiger partial charge in [0.05, 0.1) is 11.4 Å². The number of ketones is 1. The number of fused-ring (bicyclic) bond motifs is 1. The molecule has 1 atom stereocenters. The molecule has 0 N–H and O–H groups in total. The second-order valence-corrected chi connectivity index (χ2v) is 8.59. The summed E-state index contributed by atoms with van der Waals surface area (Å²) in [6, 6.07) is 5.31. The molecule has 0 saturated heterocycles. The number of carbonyl (C=O) groups is 2. The van der Waals surface area contributed by atoms with Gasteiger partial charge < -0.3 is 14.2 Å². The van der Waals surface area contributed by atoms with Crippen LogP contribution in [0.15, 0.2) is 30.4 Å². The number of hydrogen-bond acceptors (Lipinski definition) is 5. The Hall–Kier alpha value is -2.31. The summed E-state index contributed by atoms with van der Waals surface area (Å²) in [7, 11) is 1.53. The van der Waals surface area contributed by atoms with Gasteiger partial charge in [0.1, 0.15) is 17.0 Å². The fourth-order valence-corrected chi connectivity index (χ4v) is 4.00. The van der Waals surface area contributed by atoms with Crippen molar-refractivity contribution in [3.63, 3.8) is 0 Å². The van der Waals surface area contributed by atoms with Crippen LogP contribution in [-0.4, -0.2) is 35.9 Å². The lowest BCUT2D eigenvalue weighted by molar-refractivity contribution is 0.0522. The van der Waals surface area contributed by atoms with E-state index < -0.39 is 11.7 Å². The van der Waals surface area contributed by atoms with Crippen LogP contribution in [0.3, 0.4) is 0 Å². The van der Waals surface area contributed by atoms with Crippen LogP contribution >= 0.6 is 11.6 Å². The standard InChI is InChI=1S/C23H28ClNO5/c1-23(2,3)30-22(27)25-17-11-8-12-18(29-14-28-4)19(17)16(13-24)20(25)21(26)15-9-6-5-7-10-15/h5-6,8,11-12,15H,7,9-10,13-14H2,1-4H3. The summed E-state index contributed by atoms with van der Waals surface area (Å²) in [5.41, 5.74) is 0.669. The Balaban J connectivity index is 2.24. The molecule has 0 saturated carbocycles. The van der Waals surface area contributed by atoms with Crippen molar-refractivity contribution in [3.8, 4) is 5.75 Å². The van der Waals surface area contributed by atoms with Gasteiger partial charge >= 0.3 is 6.09 Å². The van der Waals surface area contributed by atoms with Crippen molar-refractivity contribution in [1.29, 1.82) is 0 Å². The van der Waals surface area contributed by atoms with E-state index in [0.717, 1.165) is 12.8 Å². The van der Waals surface area contributed by atoms with Gasteiger partial charge in [-0.25, -0.2) is 9.36 Å². The third-order valence-corrected chi connectivity index (χ3v) is 5.24.